The third-order valence-electron chi connectivity index (χ3n) is 3.78. The maximum atomic E-state index is 12.6. The predicted molar refractivity (Wildman–Crippen MR) is 113 cm³/mol. The van der Waals surface area contributed by atoms with Crippen LogP contribution in [0.15, 0.2) is 0 Å². The number of carboxylic acid groups (broad SMARTS) is 3. The molecule has 0 spiro atoms. The summed E-state index contributed by atoms with van der Waals surface area (Å²) in [6, 6.07) is -5.70. The highest BCUT2D eigenvalue weighted by Crippen LogP contribution is 2.04. The van der Waals surface area contributed by atoms with E-state index in [9.17, 15) is 28.8 Å². The normalized spacial score (nSPS) is 14.4. The molecular formula is C16H26N4O9S2. The Morgan fingerprint density at radius 3 is 1.74 bits per heavy atom. The van der Waals surface area contributed by atoms with Crippen molar-refractivity contribution in [2.45, 2.75) is 43.4 Å². The average molecular weight is 483 g/mol. The summed E-state index contributed by atoms with van der Waals surface area (Å²) >= 11 is 5.26. The molecule has 0 saturated carbocycles. The molecule has 0 aromatic carbocycles. The maximum absolute atomic E-state index is 12.6. The van der Waals surface area contributed by atoms with Crippen LogP contribution >= 0.6 is 24.4 Å². The van der Waals surface area contributed by atoms with Crippen LogP contribution in [0.3, 0.4) is 0 Å². The second kappa shape index (κ2) is 14.5. The van der Waals surface area contributed by atoms with Gasteiger partial charge in [0.1, 0.15) is 18.1 Å². The zero-order valence-electron chi connectivity index (χ0n) is 16.6. The van der Waals surface area contributed by atoms with Gasteiger partial charge in [-0.25, -0.2) is 4.79 Å². The Bertz CT molecular complexity index is 692. The quantitative estimate of drug-likeness (QED) is 0.114. The van der Waals surface area contributed by atoms with E-state index >= 15 is 0 Å². The molecule has 8 N–H and O–H groups in total. The minimum atomic E-state index is -1.83. The van der Waals surface area contributed by atoms with E-state index in [4.69, 9.17) is 21.1 Å². The number of hydrogen-bond acceptors (Lipinski definition) is 9. The maximum Gasteiger partial charge on any atom is 0.326 e. The Labute approximate surface area is 187 Å². The summed E-state index contributed by atoms with van der Waals surface area (Å²) in [7, 11) is 0. The van der Waals surface area contributed by atoms with Gasteiger partial charge >= 0.3 is 17.9 Å². The Balaban J connectivity index is 5.45. The van der Waals surface area contributed by atoms with Crippen LogP contribution in [0.2, 0.25) is 0 Å². The Kier molecular flexibility index (Phi) is 13.3. The third-order valence-corrected chi connectivity index (χ3v) is 4.82. The molecule has 0 heterocycles. The largest absolute Gasteiger partial charge is 0.481 e. The molecule has 31 heavy (non-hydrogen) atoms. The van der Waals surface area contributed by atoms with Gasteiger partial charge in [-0.15, -0.1) is 0 Å². The minimum absolute atomic E-state index is 0.00684. The third kappa shape index (κ3) is 11.4. The summed E-state index contributed by atoms with van der Waals surface area (Å²) in [4.78, 5) is 70.0. The number of carboxylic acids is 3. The first kappa shape index (κ1) is 28.5. The lowest BCUT2D eigenvalue weighted by Crippen LogP contribution is -2.57. The van der Waals surface area contributed by atoms with E-state index in [1.807, 2.05) is 5.32 Å². The highest BCUT2D eigenvalue weighted by Gasteiger charge is 2.32. The summed E-state index contributed by atoms with van der Waals surface area (Å²) in [5, 5.41) is 33.2. The number of nitrogens with two attached hydrogens (primary N) is 1. The average Bonchev–Trinajstić information content (AvgIpc) is 2.68. The lowest BCUT2D eigenvalue weighted by molar-refractivity contribution is -0.148. The summed E-state index contributed by atoms with van der Waals surface area (Å²) in [5.41, 5.74) is 5.56. The standard InChI is InChI=1S/C16H26N4O9S2/c1-31-3-2-8(18-13(25)7(17)6-30)14(26)19-9(4-11(21)22)15(27)20-10(16(28)29)5-12(23)24/h7-10,30H,2-6,17H2,1H3,(H,18,25)(H,19,26)(H,20,27)(H,21,22)(H,23,24)(H,28,29). The molecule has 4 atom stereocenters. The summed E-state index contributed by atoms with van der Waals surface area (Å²) in [6.07, 6.45) is 0.0286. The van der Waals surface area contributed by atoms with Crippen LogP contribution in [0, 0.1) is 0 Å². The van der Waals surface area contributed by atoms with E-state index in [1.54, 1.807) is 6.26 Å². The number of nitrogens with one attached hydrogen (secondary N) is 3. The van der Waals surface area contributed by atoms with Crippen LogP contribution in [-0.2, 0) is 28.8 Å². The van der Waals surface area contributed by atoms with E-state index in [2.05, 4.69) is 23.3 Å². The van der Waals surface area contributed by atoms with E-state index in [-0.39, 0.29) is 12.2 Å². The van der Waals surface area contributed by atoms with E-state index in [0.29, 0.717) is 5.75 Å². The fraction of sp³-hybridized carbons (Fsp3) is 0.625. The van der Waals surface area contributed by atoms with Crippen LogP contribution < -0.4 is 21.7 Å². The number of carbonyl (C=O) groups excluding carboxylic acids is 3. The highest BCUT2D eigenvalue weighted by atomic mass is 32.2. The fourth-order valence-electron chi connectivity index (χ4n) is 2.17. The molecule has 0 aliphatic heterocycles. The van der Waals surface area contributed by atoms with Gasteiger partial charge in [-0.2, -0.15) is 24.4 Å². The number of rotatable bonds is 15. The Morgan fingerprint density at radius 2 is 1.29 bits per heavy atom. The summed E-state index contributed by atoms with van der Waals surface area (Å²) in [5.74, 6) is -6.97. The van der Waals surface area contributed by atoms with Crippen molar-refractivity contribution in [1.29, 1.82) is 0 Å². The van der Waals surface area contributed by atoms with Gasteiger partial charge in [-0.3, -0.25) is 24.0 Å². The van der Waals surface area contributed by atoms with Crippen molar-refractivity contribution in [2.24, 2.45) is 5.73 Å². The minimum Gasteiger partial charge on any atom is -0.481 e. The van der Waals surface area contributed by atoms with Crippen molar-refractivity contribution >= 4 is 60.0 Å². The smallest absolute Gasteiger partial charge is 0.326 e. The van der Waals surface area contributed by atoms with Gasteiger partial charge in [-0.1, -0.05) is 0 Å². The molecule has 0 aliphatic carbocycles. The van der Waals surface area contributed by atoms with E-state index in [1.165, 1.54) is 11.8 Å². The second-order valence-corrected chi connectivity index (χ2v) is 7.64. The van der Waals surface area contributed by atoms with Crippen molar-refractivity contribution in [3.8, 4) is 0 Å². The van der Waals surface area contributed by atoms with Crippen LogP contribution in [0.4, 0.5) is 0 Å². The molecule has 0 bridgehead atoms. The molecule has 0 aromatic rings. The molecular weight excluding hydrogens is 456 g/mol. The molecule has 0 aromatic heterocycles. The fourth-order valence-corrected chi connectivity index (χ4v) is 2.81. The van der Waals surface area contributed by atoms with Crippen LogP contribution in [0.1, 0.15) is 19.3 Å². The molecule has 13 nitrogen and oxygen atoms in total. The van der Waals surface area contributed by atoms with Crippen molar-refractivity contribution in [3.05, 3.63) is 0 Å². The van der Waals surface area contributed by atoms with Crippen molar-refractivity contribution < 1.29 is 44.1 Å². The lowest BCUT2D eigenvalue weighted by Gasteiger charge is -2.24. The van der Waals surface area contributed by atoms with E-state index < -0.39 is 72.6 Å². The number of thioether (sulfide) groups is 1. The highest BCUT2D eigenvalue weighted by molar-refractivity contribution is 7.98. The van der Waals surface area contributed by atoms with Crippen molar-refractivity contribution in [3.63, 3.8) is 0 Å². The number of amides is 3. The van der Waals surface area contributed by atoms with Crippen molar-refractivity contribution in [1.82, 2.24) is 16.0 Å². The first-order chi connectivity index (χ1) is 14.4. The zero-order valence-corrected chi connectivity index (χ0v) is 18.3. The van der Waals surface area contributed by atoms with Crippen LogP contribution in [-0.4, -0.2) is 92.9 Å². The number of carbonyl (C=O) groups is 6. The number of hydrogen-bond donors (Lipinski definition) is 8. The Morgan fingerprint density at radius 1 is 0.839 bits per heavy atom. The van der Waals surface area contributed by atoms with Gasteiger partial charge in [0.05, 0.1) is 18.9 Å². The monoisotopic (exact) mass is 482 g/mol. The zero-order chi connectivity index (χ0) is 24.1. The van der Waals surface area contributed by atoms with Gasteiger partial charge in [-0.05, 0) is 18.4 Å². The first-order valence-electron chi connectivity index (χ1n) is 8.85. The molecule has 0 radical (unpaired) electrons. The molecule has 0 saturated heterocycles. The van der Waals surface area contributed by atoms with Gasteiger partial charge in [0.25, 0.3) is 0 Å². The van der Waals surface area contributed by atoms with Gasteiger partial charge < -0.3 is 37.0 Å². The summed E-state index contributed by atoms with van der Waals surface area (Å²) < 4.78 is 0. The van der Waals surface area contributed by atoms with Crippen LogP contribution in [0.25, 0.3) is 0 Å². The van der Waals surface area contributed by atoms with Gasteiger partial charge in [0.2, 0.25) is 17.7 Å². The predicted octanol–water partition coefficient (Wildman–Crippen LogP) is -2.51. The first-order valence-corrected chi connectivity index (χ1v) is 10.9. The lowest BCUT2D eigenvalue weighted by atomic mass is 10.1. The molecule has 3 amide bonds. The molecule has 15 heteroatoms. The molecule has 176 valence electrons. The number of thiol groups is 1. The molecule has 0 fully saturated rings. The van der Waals surface area contributed by atoms with E-state index in [0.717, 1.165) is 0 Å². The molecule has 0 rings (SSSR count). The van der Waals surface area contributed by atoms with Crippen molar-refractivity contribution in [2.75, 3.05) is 17.8 Å². The molecule has 0 aliphatic rings. The van der Waals surface area contributed by atoms with Crippen LogP contribution in [0.5, 0.6) is 0 Å². The SMILES string of the molecule is CSCCC(NC(=O)C(N)CS)C(=O)NC(CC(=O)O)C(=O)NC(CC(=O)O)C(=O)O. The second-order valence-electron chi connectivity index (χ2n) is 6.29. The molecule has 4 unspecified atom stereocenters. The van der Waals surface area contributed by atoms with Gasteiger partial charge in [0, 0.05) is 5.75 Å². The van der Waals surface area contributed by atoms with Gasteiger partial charge in [0.15, 0.2) is 0 Å². The topological polar surface area (TPSA) is 225 Å². The number of aliphatic carboxylic acids is 3. The Hall–Kier alpha value is -2.52. The summed E-state index contributed by atoms with van der Waals surface area (Å²) in [6.45, 7) is 0.